The molecule has 0 radical (unpaired) electrons. The van der Waals surface area contributed by atoms with Gasteiger partial charge in [-0.25, -0.2) is 4.39 Å². The van der Waals surface area contributed by atoms with E-state index in [1.165, 1.54) is 12.1 Å². The number of H-pyrrole nitrogens is 1. The lowest BCUT2D eigenvalue weighted by atomic mass is 10.0. The average molecular weight is 393 g/mol. The normalized spacial score (nSPS) is 21.1. The number of piperazine rings is 1. The molecule has 4 rings (SSSR count). The lowest BCUT2D eigenvalue weighted by Gasteiger charge is -2.36. The Labute approximate surface area is 147 Å². The number of aromatic nitrogens is 2. The molecule has 1 atom stereocenters. The van der Waals surface area contributed by atoms with Gasteiger partial charge in [0, 0.05) is 25.6 Å². The predicted octanol–water partition coefficient (Wildman–Crippen LogP) is 2.98. The Hall–Kier alpha value is -1.73. The Kier molecular flexibility index (Phi) is 4.14. The number of hydrogen-bond donors (Lipinski definition) is 2. The van der Waals surface area contributed by atoms with Crippen LogP contribution in [0.3, 0.4) is 0 Å². The van der Waals surface area contributed by atoms with Crippen molar-refractivity contribution in [3.8, 4) is 0 Å². The van der Waals surface area contributed by atoms with Crippen LogP contribution in [-0.2, 0) is 0 Å². The van der Waals surface area contributed by atoms with E-state index in [1.807, 2.05) is 6.07 Å². The Morgan fingerprint density at radius 2 is 2.21 bits per heavy atom. The van der Waals surface area contributed by atoms with Crippen molar-refractivity contribution in [2.45, 2.75) is 24.8 Å². The number of rotatable bonds is 3. The van der Waals surface area contributed by atoms with Gasteiger partial charge in [-0.15, -0.1) is 0 Å². The number of aromatic amines is 1. The van der Waals surface area contributed by atoms with Gasteiger partial charge in [0.2, 0.25) is 0 Å². The summed E-state index contributed by atoms with van der Waals surface area (Å²) in [5.74, 6) is 0.0682. The minimum absolute atomic E-state index is 0.124. The van der Waals surface area contributed by atoms with Gasteiger partial charge in [0.25, 0.3) is 5.91 Å². The molecule has 7 heteroatoms. The maximum absolute atomic E-state index is 13.6. The zero-order chi connectivity index (χ0) is 16.7. The van der Waals surface area contributed by atoms with E-state index >= 15 is 0 Å². The van der Waals surface area contributed by atoms with E-state index in [2.05, 4.69) is 31.4 Å². The maximum atomic E-state index is 13.6. The van der Waals surface area contributed by atoms with Crippen molar-refractivity contribution >= 4 is 21.8 Å². The lowest BCUT2D eigenvalue weighted by molar-refractivity contribution is 0.0627. The molecule has 2 fully saturated rings. The van der Waals surface area contributed by atoms with Crippen molar-refractivity contribution in [1.29, 1.82) is 0 Å². The van der Waals surface area contributed by atoms with Crippen molar-refractivity contribution in [2.24, 2.45) is 0 Å². The average Bonchev–Trinajstić information content (AvgIpc) is 3.37. The van der Waals surface area contributed by atoms with E-state index in [4.69, 9.17) is 0 Å². The highest BCUT2D eigenvalue weighted by Crippen LogP contribution is 2.43. The summed E-state index contributed by atoms with van der Waals surface area (Å²) in [6, 6.07) is 6.24. The molecule has 1 aromatic carbocycles. The first-order chi connectivity index (χ1) is 11.6. The molecule has 1 amide bonds. The fourth-order valence-corrected chi connectivity index (χ4v) is 3.89. The third kappa shape index (κ3) is 2.86. The van der Waals surface area contributed by atoms with Gasteiger partial charge in [-0.3, -0.25) is 9.89 Å². The molecule has 0 bridgehead atoms. The SMILES string of the molecule is O=C(c1n[nH]c(C2CC2)c1Br)N1CCNCC1c1cccc(F)c1. The fourth-order valence-electron chi connectivity index (χ4n) is 3.22. The van der Waals surface area contributed by atoms with Gasteiger partial charge in [0.15, 0.2) is 5.69 Å². The van der Waals surface area contributed by atoms with Crippen molar-refractivity contribution in [3.05, 3.63) is 51.5 Å². The summed E-state index contributed by atoms with van der Waals surface area (Å²) >= 11 is 3.53. The first-order valence-electron chi connectivity index (χ1n) is 8.16. The summed E-state index contributed by atoms with van der Waals surface area (Å²) in [5.41, 5.74) is 2.22. The molecule has 2 N–H and O–H groups in total. The van der Waals surface area contributed by atoms with Gasteiger partial charge < -0.3 is 10.2 Å². The van der Waals surface area contributed by atoms with Crippen molar-refractivity contribution < 1.29 is 9.18 Å². The lowest BCUT2D eigenvalue weighted by Crippen LogP contribution is -2.48. The van der Waals surface area contributed by atoms with Gasteiger partial charge in [0.1, 0.15) is 5.82 Å². The van der Waals surface area contributed by atoms with Crippen molar-refractivity contribution in [1.82, 2.24) is 20.4 Å². The largest absolute Gasteiger partial charge is 0.328 e. The molecule has 2 aromatic rings. The van der Waals surface area contributed by atoms with Gasteiger partial charge in [-0.05, 0) is 46.5 Å². The Bertz CT molecular complexity index is 774. The molecule has 126 valence electrons. The van der Waals surface area contributed by atoms with Crippen LogP contribution in [0.5, 0.6) is 0 Å². The molecule has 1 aromatic heterocycles. The Morgan fingerprint density at radius 3 is 2.96 bits per heavy atom. The number of halogens is 2. The van der Waals surface area contributed by atoms with E-state index in [9.17, 15) is 9.18 Å². The van der Waals surface area contributed by atoms with Crippen LogP contribution < -0.4 is 5.32 Å². The van der Waals surface area contributed by atoms with Crippen LogP contribution in [0.4, 0.5) is 4.39 Å². The van der Waals surface area contributed by atoms with E-state index in [1.54, 1.807) is 11.0 Å². The molecule has 1 aliphatic heterocycles. The van der Waals surface area contributed by atoms with Crippen LogP contribution in [0.25, 0.3) is 0 Å². The van der Waals surface area contributed by atoms with E-state index < -0.39 is 0 Å². The topological polar surface area (TPSA) is 61.0 Å². The summed E-state index contributed by atoms with van der Waals surface area (Å²) in [6.45, 7) is 1.89. The van der Waals surface area contributed by atoms with Crippen LogP contribution in [0, 0.1) is 5.82 Å². The zero-order valence-corrected chi connectivity index (χ0v) is 14.6. The maximum Gasteiger partial charge on any atom is 0.276 e. The van der Waals surface area contributed by atoms with Gasteiger partial charge in [0.05, 0.1) is 16.2 Å². The molecule has 1 saturated carbocycles. The summed E-state index contributed by atoms with van der Waals surface area (Å²) < 4.78 is 14.4. The molecule has 2 heterocycles. The molecular formula is C17H18BrFN4O. The second-order valence-electron chi connectivity index (χ2n) is 6.35. The second kappa shape index (κ2) is 6.29. The smallest absolute Gasteiger partial charge is 0.276 e. The summed E-state index contributed by atoms with van der Waals surface area (Å²) in [4.78, 5) is 14.8. The van der Waals surface area contributed by atoms with E-state index in [-0.39, 0.29) is 17.8 Å². The second-order valence-corrected chi connectivity index (χ2v) is 7.14. The zero-order valence-electron chi connectivity index (χ0n) is 13.1. The van der Waals surface area contributed by atoms with Gasteiger partial charge in [-0.1, -0.05) is 12.1 Å². The Morgan fingerprint density at radius 1 is 1.38 bits per heavy atom. The standard InChI is InChI=1S/C17H18BrFN4O/c18-14-15(10-4-5-10)21-22-16(14)17(24)23-7-6-20-9-13(23)11-2-1-3-12(19)8-11/h1-3,8,10,13,20H,4-7,9H2,(H,21,22). The van der Waals surface area contributed by atoms with Crippen LogP contribution in [0.1, 0.15) is 46.5 Å². The summed E-state index contributed by atoms with van der Waals surface area (Å²) in [7, 11) is 0. The molecule has 1 saturated heterocycles. The number of hydrogen-bond acceptors (Lipinski definition) is 3. The van der Waals surface area contributed by atoms with Crippen molar-refractivity contribution in [3.63, 3.8) is 0 Å². The third-order valence-corrected chi connectivity index (χ3v) is 5.46. The third-order valence-electron chi connectivity index (χ3n) is 4.66. The number of carbonyl (C=O) groups excluding carboxylic acids is 1. The molecular weight excluding hydrogens is 375 g/mol. The molecule has 5 nitrogen and oxygen atoms in total. The summed E-state index contributed by atoms with van der Waals surface area (Å²) in [5, 5.41) is 10.5. The molecule has 2 aliphatic rings. The van der Waals surface area contributed by atoms with Gasteiger partial charge in [-0.2, -0.15) is 5.10 Å². The fraction of sp³-hybridized carbons (Fsp3) is 0.412. The minimum Gasteiger partial charge on any atom is -0.328 e. The van der Waals surface area contributed by atoms with Gasteiger partial charge >= 0.3 is 0 Å². The van der Waals surface area contributed by atoms with E-state index in [0.29, 0.717) is 24.7 Å². The highest BCUT2D eigenvalue weighted by atomic mass is 79.9. The molecule has 1 aliphatic carbocycles. The van der Waals surface area contributed by atoms with Crippen LogP contribution in [-0.4, -0.2) is 40.6 Å². The first kappa shape index (κ1) is 15.8. The van der Waals surface area contributed by atoms with Crippen LogP contribution in [0.15, 0.2) is 28.7 Å². The highest BCUT2D eigenvalue weighted by Gasteiger charge is 2.34. The minimum atomic E-state index is -0.289. The summed E-state index contributed by atoms with van der Waals surface area (Å²) in [6.07, 6.45) is 2.27. The Balaban J connectivity index is 1.64. The van der Waals surface area contributed by atoms with Crippen LogP contribution in [0.2, 0.25) is 0 Å². The first-order valence-corrected chi connectivity index (χ1v) is 8.95. The number of nitrogens with one attached hydrogen (secondary N) is 2. The highest BCUT2D eigenvalue weighted by molar-refractivity contribution is 9.10. The molecule has 1 unspecified atom stereocenters. The van der Waals surface area contributed by atoms with E-state index in [0.717, 1.165) is 35.1 Å². The number of carbonyl (C=O) groups is 1. The number of nitrogens with zero attached hydrogens (tertiary/aromatic N) is 2. The quantitative estimate of drug-likeness (QED) is 0.843. The number of amides is 1. The predicted molar refractivity (Wildman–Crippen MR) is 91.3 cm³/mol. The molecule has 24 heavy (non-hydrogen) atoms. The number of benzene rings is 1. The molecule has 0 spiro atoms. The monoisotopic (exact) mass is 392 g/mol. The van der Waals surface area contributed by atoms with Crippen LogP contribution >= 0.6 is 15.9 Å². The van der Waals surface area contributed by atoms with Crippen molar-refractivity contribution in [2.75, 3.05) is 19.6 Å².